The molecule has 1 N–H and O–H groups in total. The number of hydrogen-bond acceptors (Lipinski definition) is 5. The minimum atomic E-state index is -0.634. The topological polar surface area (TPSA) is 76.7 Å². The van der Waals surface area contributed by atoms with E-state index in [1.54, 1.807) is 12.3 Å². The highest BCUT2D eigenvalue weighted by atomic mass is 35.5. The van der Waals surface area contributed by atoms with Crippen LogP contribution in [0.25, 0.3) is 16.9 Å². The van der Waals surface area contributed by atoms with Crippen molar-refractivity contribution in [2.45, 2.75) is 18.8 Å². The van der Waals surface area contributed by atoms with Crippen molar-refractivity contribution >= 4 is 11.6 Å². The van der Waals surface area contributed by atoms with Crippen molar-refractivity contribution in [3.05, 3.63) is 47.3 Å². The van der Waals surface area contributed by atoms with Crippen LogP contribution in [0.3, 0.4) is 0 Å². The van der Waals surface area contributed by atoms with Crippen LogP contribution in [-0.2, 0) is 0 Å². The average Bonchev–Trinajstić information content (AvgIpc) is 3.27. The normalized spacial score (nSPS) is 14.2. The van der Waals surface area contributed by atoms with E-state index in [9.17, 15) is 9.50 Å². The number of nitrogens with zero attached hydrogens (tertiary/aromatic N) is 5. The van der Waals surface area contributed by atoms with E-state index < -0.39 is 5.82 Å². The molecule has 1 saturated carbocycles. The fourth-order valence-corrected chi connectivity index (χ4v) is 2.58. The van der Waals surface area contributed by atoms with Crippen molar-refractivity contribution < 1.29 is 9.50 Å². The van der Waals surface area contributed by atoms with E-state index in [2.05, 4.69) is 20.3 Å². The van der Waals surface area contributed by atoms with Crippen molar-refractivity contribution in [2.24, 2.45) is 0 Å². The van der Waals surface area contributed by atoms with Gasteiger partial charge in [-0.15, -0.1) is 5.10 Å². The second kappa shape index (κ2) is 5.27. The van der Waals surface area contributed by atoms with Crippen LogP contribution in [-0.4, -0.2) is 30.1 Å². The zero-order valence-corrected chi connectivity index (χ0v) is 12.6. The Morgan fingerprint density at radius 3 is 2.83 bits per heavy atom. The predicted octanol–water partition coefficient (Wildman–Crippen LogP) is 3.10. The number of halogens is 2. The Kier molecular flexibility index (Phi) is 3.23. The van der Waals surface area contributed by atoms with Gasteiger partial charge in [-0.2, -0.15) is 0 Å². The molecule has 4 rings (SSSR count). The largest absolute Gasteiger partial charge is 0.493 e. The minimum Gasteiger partial charge on any atom is -0.493 e. The molecule has 0 saturated heterocycles. The Hall–Kier alpha value is -2.54. The van der Waals surface area contributed by atoms with Gasteiger partial charge in [-0.3, -0.25) is 0 Å². The van der Waals surface area contributed by atoms with E-state index in [4.69, 9.17) is 11.6 Å². The second-order valence-corrected chi connectivity index (χ2v) is 5.79. The van der Waals surface area contributed by atoms with E-state index in [0.717, 1.165) is 24.9 Å². The van der Waals surface area contributed by atoms with Gasteiger partial charge in [-0.05, 0) is 25.0 Å². The molecular weight excluding hydrogens is 321 g/mol. The monoisotopic (exact) mass is 331 g/mol. The van der Waals surface area contributed by atoms with Crippen molar-refractivity contribution in [3.8, 4) is 22.8 Å². The molecule has 0 radical (unpaired) electrons. The highest BCUT2D eigenvalue weighted by Gasteiger charge is 2.27. The molecule has 0 unspecified atom stereocenters. The van der Waals surface area contributed by atoms with Crippen molar-refractivity contribution in [1.29, 1.82) is 0 Å². The summed E-state index contributed by atoms with van der Waals surface area (Å²) in [6.45, 7) is 0. The first-order chi connectivity index (χ1) is 11.1. The fraction of sp³-hybridized carbons (Fsp3) is 0.200. The van der Waals surface area contributed by atoms with Gasteiger partial charge in [-0.25, -0.2) is 19.0 Å². The highest BCUT2D eigenvalue weighted by molar-refractivity contribution is 6.31. The number of rotatable bonds is 3. The molecule has 8 heteroatoms. The molecule has 0 bridgehead atoms. The molecule has 116 valence electrons. The van der Waals surface area contributed by atoms with Gasteiger partial charge in [0.1, 0.15) is 6.33 Å². The molecule has 0 atom stereocenters. The molecule has 3 aromatic rings. The van der Waals surface area contributed by atoms with Crippen molar-refractivity contribution in [1.82, 2.24) is 25.0 Å². The van der Waals surface area contributed by atoms with E-state index >= 15 is 0 Å². The lowest BCUT2D eigenvalue weighted by Gasteiger charge is -2.11. The third-order valence-corrected chi connectivity index (χ3v) is 4.03. The van der Waals surface area contributed by atoms with Crippen LogP contribution >= 0.6 is 11.6 Å². The van der Waals surface area contributed by atoms with Crippen LogP contribution < -0.4 is 0 Å². The summed E-state index contributed by atoms with van der Waals surface area (Å²) in [6, 6.07) is 4.37. The Bertz CT molecular complexity index is 893. The molecule has 1 aliphatic rings. The van der Waals surface area contributed by atoms with E-state index in [1.807, 2.05) is 0 Å². The predicted molar refractivity (Wildman–Crippen MR) is 81.0 cm³/mol. The lowest BCUT2D eigenvalue weighted by atomic mass is 10.1. The number of aromatic hydroxyl groups is 1. The van der Waals surface area contributed by atoms with Gasteiger partial charge in [0, 0.05) is 12.0 Å². The second-order valence-electron chi connectivity index (χ2n) is 5.38. The van der Waals surface area contributed by atoms with E-state index in [1.165, 1.54) is 16.8 Å². The molecule has 0 amide bonds. The van der Waals surface area contributed by atoms with Gasteiger partial charge in [0.15, 0.2) is 5.82 Å². The summed E-state index contributed by atoms with van der Waals surface area (Å²) in [5.74, 6) is -0.448. The van der Waals surface area contributed by atoms with Crippen LogP contribution in [0.1, 0.15) is 24.5 Å². The summed E-state index contributed by atoms with van der Waals surface area (Å²) in [6.07, 6.45) is 5.14. The highest BCUT2D eigenvalue weighted by Crippen LogP contribution is 2.39. The minimum absolute atomic E-state index is 0.0376. The molecule has 23 heavy (non-hydrogen) atoms. The van der Waals surface area contributed by atoms with Gasteiger partial charge in [0.25, 0.3) is 0 Å². The summed E-state index contributed by atoms with van der Waals surface area (Å²) in [5.41, 5.74) is 1.69. The zero-order valence-electron chi connectivity index (χ0n) is 11.8. The number of aromatic nitrogens is 5. The molecule has 6 nitrogen and oxygen atoms in total. The molecule has 0 spiro atoms. The first kappa shape index (κ1) is 14.1. The summed E-state index contributed by atoms with van der Waals surface area (Å²) in [5, 5.41) is 17.7. The average molecular weight is 332 g/mol. The molecule has 1 aliphatic carbocycles. The van der Waals surface area contributed by atoms with Crippen LogP contribution in [0.5, 0.6) is 5.88 Å². The van der Waals surface area contributed by atoms with Gasteiger partial charge >= 0.3 is 0 Å². The smallest absolute Gasteiger partial charge is 0.214 e. The number of benzene rings is 1. The first-order valence-electron chi connectivity index (χ1n) is 7.05. The van der Waals surface area contributed by atoms with Gasteiger partial charge in [0.05, 0.1) is 33.9 Å². The van der Waals surface area contributed by atoms with Crippen LogP contribution in [0.2, 0.25) is 5.02 Å². The zero-order chi connectivity index (χ0) is 16.0. The summed E-state index contributed by atoms with van der Waals surface area (Å²) in [4.78, 5) is 7.63. The SMILES string of the molecule is Oc1cc(-c2c(-n3cc(C4CC4)nn3)ccc(Cl)c2F)ncn1. The summed E-state index contributed by atoms with van der Waals surface area (Å²) in [7, 11) is 0. The number of hydrogen-bond donors (Lipinski definition) is 1. The standard InChI is InChI=1S/C15H11ClFN5O/c16-9-3-4-12(22-6-11(20-21-22)8-1-2-8)14(15(9)17)10-5-13(23)19-7-18-10/h3-8H,1-2H2,(H,18,19,23). The van der Waals surface area contributed by atoms with Crippen LogP contribution in [0, 0.1) is 5.82 Å². The maximum absolute atomic E-state index is 14.6. The Morgan fingerprint density at radius 1 is 1.26 bits per heavy atom. The summed E-state index contributed by atoms with van der Waals surface area (Å²) >= 11 is 5.90. The third kappa shape index (κ3) is 2.53. The summed E-state index contributed by atoms with van der Waals surface area (Å²) < 4.78 is 16.1. The van der Waals surface area contributed by atoms with Crippen LogP contribution in [0.15, 0.2) is 30.7 Å². The van der Waals surface area contributed by atoms with Crippen molar-refractivity contribution in [2.75, 3.05) is 0 Å². The maximum Gasteiger partial charge on any atom is 0.214 e. The quantitative estimate of drug-likeness (QED) is 0.798. The maximum atomic E-state index is 14.6. The lowest BCUT2D eigenvalue weighted by Crippen LogP contribution is -2.02. The molecule has 2 aromatic heterocycles. The van der Waals surface area contributed by atoms with Gasteiger partial charge in [-0.1, -0.05) is 16.8 Å². The Morgan fingerprint density at radius 2 is 2.09 bits per heavy atom. The molecular formula is C15H11ClFN5O. The van der Waals surface area contributed by atoms with Gasteiger partial charge < -0.3 is 5.11 Å². The fourth-order valence-electron chi connectivity index (χ4n) is 2.42. The Balaban J connectivity index is 1.90. The Labute approximate surface area is 135 Å². The van der Waals surface area contributed by atoms with Gasteiger partial charge in [0.2, 0.25) is 5.88 Å². The molecule has 1 fully saturated rings. The third-order valence-electron chi connectivity index (χ3n) is 3.74. The first-order valence-corrected chi connectivity index (χ1v) is 7.43. The van der Waals surface area contributed by atoms with Crippen LogP contribution in [0.4, 0.5) is 4.39 Å². The molecule has 1 aromatic carbocycles. The van der Waals surface area contributed by atoms with E-state index in [-0.39, 0.29) is 22.2 Å². The van der Waals surface area contributed by atoms with Crippen molar-refractivity contribution in [3.63, 3.8) is 0 Å². The molecule has 0 aliphatic heterocycles. The lowest BCUT2D eigenvalue weighted by molar-refractivity contribution is 0.452. The van der Waals surface area contributed by atoms with E-state index in [0.29, 0.717) is 11.6 Å². The molecule has 2 heterocycles.